The lowest BCUT2D eigenvalue weighted by Crippen LogP contribution is -2.45. The second kappa shape index (κ2) is 9.85. The smallest absolute Gasteiger partial charge is 0.349 e. The van der Waals surface area contributed by atoms with Gasteiger partial charge >= 0.3 is 6.18 Å². The Balaban J connectivity index is 1.46. The lowest BCUT2D eigenvalue weighted by molar-refractivity contribution is -0.145. The van der Waals surface area contributed by atoms with Crippen molar-refractivity contribution in [2.45, 2.75) is 36.3 Å². The fourth-order valence-corrected chi connectivity index (χ4v) is 5.30. The second-order valence-corrected chi connectivity index (χ2v) is 9.81. The maximum Gasteiger partial charge on any atom is 0.451 e. The van der Waals surface area contributed by atoms with Crippen molar-refractivity contribution in [2.24, 2.45) is 0 Å². The predicted octanol–water partition coefficient (Wildman–Crippen LogP) is 3.11. The first-order valence-electron chi connectivity index (χ1n) is 10.5. The van der Waals surface area contributed by atoms with Gasteiger partial charge in [0.25, 0.3) is 0 Å². The number of nitrogens with zero attached hydrogens (tertiary/aromatic N) is 4. The molecule has 14 heteroatoms. The van der Waals surface area contributed by atoms with Crippen molar-refractivity contribution in [2.75, 3.05) is 6.54 Å². The minimum atomic E-state index is -4.68. The minimum absolute atomic E-state index is 0.161. The predicted molar refractivity (Wildman–Crippen MR) is 116 cm³/mol. The van der Waals surface area contributed by atoms with Crippen molar-refractivity contribution in [1.82, 2.24) is 24.6 Å². The normalized spacial score (nSPS) is 18.8. The van der Waals surface area contributed by atoms with Crippen LogP contribution >= 0.6 is 0 Å². The van der Waals surface area contributed by atoms with Crippen molar-refractivity contribution in [3.63, 3.8) is 0 Å². The molecule has 0 aliphatic carbocycles. The Morgan fingerprint density at radius 2 is 1.72 bits per heavy atom. The molecule has 4 rings (SSSR count). The minimum Gasteiger partial charge on any atom is -0.349 e. The van der Waals surface area contributed by atoms with Gasteiger partial charge in [0.1, 0.15) is 18.0 Å². The van der Waals surface area contributed by atoms with E-state index in [-0.39, 0.29) is 23.4 Å². The van der Waals surface area contributed by atoms with E-state index in [1.54, 1.807) is 0 Å². The van der Waals surface area contributed by atoms with Crippen LogP contribution in [0.3, 0.4) is 0 Å². The van der Waals surface area contributed by atoms with Gasteiger partial charge in [-0.05, 0) is 42.0 Å². The van der Waals surface area contributed by atoms with E-state index in [1.807, 2.05) is 0 Å². The molecule has 1 amide bonds. The fraction of sp³-hybridized carbons (Fsp3) is 0.273. The molecule has 0 spiro atoms. The summed E-state index contributed by atoms with van der Waals surface area (Å²) < 4.78 is 92.0. The molecular weight excluding hydrogens is 509 g/mol. The number of pyridine rings is 1. The SMILES string of the molecule is O=C(NCc1cc(-c2cnc(C(F)(F)F)nc2)ccn1)[C@@H]1C[C@@H](F)CN1S(=O)(=O)c1ccc(F)cc1. The number of carbonyl (C=O) groups is 1. The van der Waals surface area contributed by atoms with Crippen LogP contribution in [0, 0.1) is 5.82 Å². The van der Waals surface area contributed by atoms with Crippen LogP contribution in [0.4, 0.5) is 22.0 Å². The number of alkyl halides is 4. The molecule has 190 valence electrons. The molecule has 1 saturated heterocycles. The molecule has 0 radical (unpaired) electrons. The quantitative estimate of drug-likeness (QED) is 0.494. The zero-order valence-electron chi connectivity index (χ0n) is 18.3. The zero-order chi connectivity index (χ0) is 26.1. The Labute approximate surface area is 202 Å². The summed E-state index contributed by atoms with van der Waals surface area (Å²) in [5.74, 6) is -2.69. The number of amides is 1. The molecule has 3 heterocycles. The first-order chi connectivity index (χ1) is 16.9. The topological polar surface area (TPSA) is 105 Å². The van der Waals surface area contributed by atoms with Gasteiger partial charge in [0.05, 0.1) is 17.1 Å². The third-order valence-corrected chi connectivity index (χ3v) is 7.32. The van der Waals surface area contributed by atoms with Gasteiger partial charge in [-0.25, -0.2) is 27.2 Å². The summed E-state index contributed by atoms with van der Waals surface area (Å²) in [6, 6.07) is 5.64. The van der Waals surface area contributed by atoms with Crippen molar-refractivity contribution >= 4 is 15.9 Å². The summed E-state index contributed by atoms with van der Waals surface area (Å²) >= 11 is 0. The Morgan fingerprint density at radius 1 is 1.06 bits per heavy atom. The molecule has 1 fully saturated rings. The first-order valence-corrected chi connectivity index (χ1v) is 11.9. The molecule has 8 nitrogen and oxygen atoms in total. The van der Waals surface area contributed by atoms with Crippen LogP contribution in [0.15, 0.2) is 59.9 Å². The summed E-state index contributed by atoms with van der Waals surface area (Å²) in [6.07, 6.45) is -3.23. The number of sulfonamides is 1. The van der Waals surface area contributed by atoms with E-state index in [0.29, 0.717) is 11.3 Å². The van der Waals surface area contributed by atoms with E-state index >= 15 is 0 Å². The molecule has 3 aromatic rings. The molecule has 1 N–H and O–H groups in total. The lowest BCUT2D eigenvalue weighted by Gasteiger charge is -2.23. The molecule has 0 saturated carbocycles. The van der Waals surface area contributed by atoms with Crippen LogP contribution < -0.4 is 5.32 Å². The fourth-order valence-electron chi connectivity index (χ4n) is 3.68. The molecule has 1 aliphatic rings. The summed E-state index contributed by atoms with van der Waals surface area (Å²) in [7, 11) is -4.27. The number of hydrogen-bond acceptors (Lipinski definition) is 6. The standard InChI is InChI=1S/C22H18F5N5O3S/c23-15-1-3-18(4-2-15)36(34,35)32-12-16(24)8-19(32)20(33)29-11-17-7-13(5-6-28-17)14-9-30-21(31-10-14)22(25,26)27/h1-7,9-10,16,19H,8,11-12H2,(H,29,33)/t16-,19+/m1/s1. The Hall–Kier alpha value is -3.52. The number of hydrogen-bond donors (Lipinski definition) is 1. The third-order valence-electron chi connectivity index (χ3n) is 5.43. The van der Waals surface area contributed by atoms with E-state index in [1.165, 1.54) is 18.3 Å². The highest BCUT2D eigenvalue weighted by molar-refractivity contribution is 7.89. The first kappa shape index (κ1) is 25.6. The number of carbonyl (C=O) groups excluding carboxylic acids is 1. The number of aromatic nitrogens is 3. The van der Waals surface area contributed by atoms with Crippen LogP contribution in [0.2, 0.25) is 0 Å². The Morgan fingerprint density at radius 3 is 2.36 bits per heavy atom. The maximum atomic E-state index is 14.2. The summed E-state index contributed by atoms with van der Waals surface area (Å²) in [6.45, 7) is -0.689. The van der Waals surface area contributed by atoms with E-state index < -0.39 is 52.5 Å². The molecule has 2 atom stereocenters. The molecule has 36 heavy (non-hydrogen) atoms. The van der Waals surface area contributed by atoms with Crippen molar-refractivity contribution in [3.05, 3.63) is 72.3 Å². The highest BCUT2D eigenvalue weighted by Crippen LogP contribution is 2.29. The van der Waals surface area contributed by atoms with Gasteiger partial charge in [0.2, 0.25) is 21.8 Å². The van der Waals surface area contributed by atoms with Gasteiger partial charge in [0, 0.05) is 37.1 Å². The van der Waals surface area contributed by atoms with Crippen molar-refractivity contribution in [3.8, 4) is 11.1 Å². The number of halogens is 5. The van der Waals surface area contributed by atoms with Gasteiger partial charge in [-0.2, -0.15) is 17.5 Å². The van der Waals surface area contributed by atoms with Gasteiger partial charge < -0.3 is 5.32 Å². The highest BCUT2D eigenvalue weighted by atomic mass is 32.2. The molecule has 0 bridgehead atoms. The number of nitrogens with one attached hydrogen (secondary N) is 1. The third kappa shape index (κ3) is 5.49. The summed E-state index contributed by atoms with van der Waals surface area (Å²) in [5, 5.41) is 2.52. The summed E-state index contributed by atoms with van der Waals surface area (Å²) in [5.41, 5.74) is 1.03. The average molecular weight is 527 g/mol. The summed E-state index contributed by atoms with van der Waals surface area (Å²) in [4.78, 5) is 23.2. The Kier molecular flexibility index (Phi) is 7.00. The molecule has 0 unspecified atom stereocenters. The van der Waals surface area contributed by atoms with Crippen molar-refractivity contribution in [1.29, 1.82) is 0 Å². The van der Waals surface area contributed by atoms with E-state index in [9.17, 15) is 35.2 Å². The Bertz CT molecular complexity index is 1350. The average Bonchev–Trinajstić information content (AvgIpc) is 3.25. The van der Waals surface area contributed by atoms with E-state index in [0.717, 1.165) is 41.0 Å². The van der Waals surface area contributed by atoms with Crippen LogP contribution in [0.5, 0.6) is 0 Å². The molecule has 1 aromatic carbocycles. The van der Waals surface area contributed by atoms with Crippen LogP contribution in [0.25, 0.3) is 11.1 Å². The maximum absolute atomic E-state index is 14.2. The zero-order valence-corrected chi connectivity index (χ0v) is 19.1. The van der Waals surface area contributed by atoms with E-state index in [4.69, 9.17) is 0 Å². The highest BCUT2D eigenvalue weighted by Gasteiger charge is 2.44. The molecular formula is C22H18F5N5O3S. The van der Waals surface area contributed by atoms with Crippen LogP contribution in [-0.2, 0) is 27.5 Å². The number of rotatable bonds is 6. The second-order valence-electron chi connectivity index (χ2n) is 7.92. The van der Waals surface area contributed by atoms with Gasteiger partial charge in [0.15, 0.2) is 0 Å². The van der Waals surface area contributed by atoms with Gasteiger partial charge in [-0.15, -0.1) is 0 Å². The molecule has 2 aromatic heterocycles. The van der Waals surface area contributed by atoms with E-state index in [2.05, 4.69) is 20.3 Å². The number of benzene rings is 1. The van der Waals surface area contributed by atoms with Crippen molar-refractivity contribution < 1.29 is 35.2 Å². The van der Waals surface area contributed by atoms with Gasteiger partial charge in [-0.1, -0.05) is 0 Å². The monoisotopic (exact) mass is 527 g/mol. The van der Waals surface area contributed by atoms with Crippen LogP contribution in [0.1, 0.15) is 17.9 Å². The van der Waals surface area contributed by atoms with Crippen LogP contribution in [-0.4, -0.2) is 52.3 Å². The van der Waals surface area contributed by atoms with Gasteiger partial charge in [-0.3, -0.25) is 9.78 Å². The molecule has 1 aliphatic heterocycles. The lowest BCUT2D eigenvalue weighted by atomic mass is 10.1. The largest absolute Gasteiger partial charge is 0.451 e.